The number of fused-ring (bicyclic) bond motifs is 1. The van der Waals surface area contributed by atoms with Gasteiger partial charge in [0, 0.05) is 18.0 Å². The van der Waals surface area contributed by atoms with Gasteiger partial charge < -0.3 is 4.90 Å². The average Bonchev–Trinajstić information content (AvgIpc) is 2.36. The number of nitriles is 1. The van der Waals surface area contributed by atoms with E-state index in [-0.39, 0.29) is 29.2 Å². The zero-order valence-electron chi connectivity index (χ0n) is 12.9. The van der Waals surface area contributed by atoms with Gasteiger partial charge in [-0.2, -0.15) is 5.26 Å². The molecule has 0 unspecified atom stereocenters. The molecule has 0 bridgehead atoms. The van der Waals surface area contributed by atoms with E-state index in [1.807, 2.05) is 45.6 Å². The quantitative estimate of drug-likeness (QED) is 0.737. The Morgan fingerprint density at radius 1 is 1.35 bits per heavy atom. The molecular weight excluding hydrogens is 252 g/mol. The van der Waals surface area contributed by atoms with Gasteiger partial charge >= 0.3 is 0 Å². The summed E-state index contributed by atoms with van der Waals surface area (Å²) in [6, 6.07) is 2.11. The Bertz CT molecular complexity index is 539. The number of allylic oxidation sites excluding steroid dienone is 1. The lowest BCUT2D eigenvalue weighted by molar-refractivity contribution is -0.156. The second kappa shape index (κ2) is 4.44. The summed E-state index contributed by atoms with van der Waals surface area (Å²) in [7, 11) is 0. The van der Waals surface area contributed by atoms with Crippen LogP contribution in [0.25, 0.3) is 0 Å². The van der Waals surface area contributed by atoms with Crippen LogP contribution in [0.1, 0.15) is 41.0 Å². The number of carbonyl (C=O) groups is 2. The van der Waals surface area contributed by atoms with Crippen molar-refractivity contribution in [2.24, 2.45) is 16.7 Å². The number of hydrogen-bond donors (Lipinski definition) is 0. The number of rotatable bonds is 1. The number of carbonyl (C=O) groups excluding carboxylic acids is 2. The SMILES string of the molecule is CC(C)N1CC[C@@H]2C(C)(C)C(=O)C(C#N)=C[C@@]2(C)C1=O. The third kappa shape index (κ3) is 1.80. The normalized spacial score (nSPS) is 32.8. The number of hydrogen-bond acceptors (Lipinski definition) is 3. The van der Waals surface area contributed by atoms with Crippen molar-refractivity contribution in [1.82, 2.24) is 4.90 Å². The van der Waals surface area contributed by atoms with Crippen molar-refractivity contribution >= 4 is 11.7 Å². The Morgan fingerprint density at radius 2 is 1.95 bits per heavy atom. The van der Waals surface area contributed by atoms with Crippen LogP contribution >= 0.6 is 0 Å². The molecule has 0 aromatic carbocycles. The number of likely N-dealkylation sites (tertiary alicyclic amines) is 1. The summed E-state index contributed by atoms with van der Waals surface area (Å²) >= 11 is 0. The standard InChI is InChI=1S/C16H22N2O2/c1-10(2)18-7-6-12-15(3,4)13(19)11(9-17)8-16(12,5)14(18)20/h8,10,12H,6-7H2,1-5H3/t12-,16-/m1/s1. The molecule has 1 amide bonds. The van der Waals surface area contributed by atoms with Crippen LogP contribution in [0.4, 0.5) is 0 Å². The molecule has 1 heterocycles. The summed E-state index contributed by atoms with van der Waals surface area (Å²) in [6.07, 6.45) is 2.41. The van der Waals surface area contributed by atoms with Crippen LogP contribution in [0.3, 0.4) is 0 Å². The fourth-order valence-electron chi connectivity index (χ4n) is 3.85. The molecule has 20 heavy (non-hydrogen) atoms. The molecule has 2 rings (SSSR count). The minimum absolute atomic E-state index is 0.0390. The Labute approximate surface area is 120 Å². The van der Waals surface area contributed by atoms with Crippen LogP contribution in [0.5, 0.6) is 0 Å². The van der Waals surface area contributed by atoms with Gasteiger partial charge in [0.15, 0.2) is 5.78 Å². The maximum absolute atomic E-state index is 12.8. The maximum Gasteiger partial charge on any atom is 0.232 e. The molecule has 0 N–H and O–H groups in total. The summed E-state index contributed by atoms with van der Waals surface area (Å²) < 4.78 is 0. The van der Waals surface area contributed by atoms with Crippen molar-refractivity contribution in [3.63, 3.8) is 0 Å². The lowest BCUT2D eigenvalue weighted by atomic mass is 9.54. The van der Waals surface area contributed by atoms with E-state index < -0.39 is 10.8 Å². The van der Waals surface area contributed by atoms with Crippen molar-refractivity contribution in [2.75, 3.05) is 6.54 Å². The van der Waals surface area contributed by atoms with Gasteiger partial charge in [0.25, 0.3) is 0 Å². The minimum atomic E-state index is -0.745. The molecule has 2 aliphatic rings. The largest absolute Gasteiger partial charge is 0.340 e. The molecule has 1 saturated heterocycles. The van der Waals surface area contributed by atoms with E-state index in [0.29, 0.717) is 6.54 Å². The van der Waals surface area contributed by atoms with Gasteiger partial charge in [0.1, 0.15) is 6.07 Å². The second-order valence-electron chi connectivity index (χ2n) is 6.94. The lowest BCUT2D eigenvalue weighted by Gasteiger charge is -2.52. The molecule has 0 aromatic heterocycles. The first kappa shape index (κ1) is 14.8. The van der Waals surface area contributed by atoms with Crippen molar-refractivity contribution in [3.8, 4) is 6.07 Å². The molecule has 1 fully saturated rings. The maximum atomic E-state index is 12.8. The first-order valence-electron chi connectivity index (χ1n) is 7.15. The van der Waals surface area contributed by atoms with E-state index in [4.69, 9.17) is 0 Å². The Kier molecular flexibility index (Phi) is 3.28. The fraction of sp³-hybridized carbons (Fsp3) is 0.688. The molecule has 0 radical (unpaired) electrons. The van der Waals surface area contributed by atoms with Gasteiger partial charge in [0.2, 0.25) is 5.91 Å². The van der Waals surface area contributed by atoms with Crippen LogP contribution in [0.15, 0.2) is 11.6 Å². The van der Waals surface area contributed by atoms with Gasteiger partial charge in [-0.15, -0.1) is 0 Å². The number of Topliss-reactive ketones (excluding diaryl/α,β-unsaturated/α-hetero) is 1. The highest BCUT2D eigenvalue weighted by atomic mass is 16.2. The van der Waals surface area contributed by atoms with Gasteiger partial charge in [-0.3, -0.25) is 9.59 Å². The third-order valence-corrected chi connectivity index (χ3v) is 4.99. The van der Waals surface area contributed by atoms with Crippen molar-refractivity contribution < 1.29 is 9.59 Å². The zero-order chi connectivity index (χ0) is 15.3. The van der Waals surface area contributed by atoms with Crippen LogP contribution in [-0.4, -0.2) is 29.2 Å². The molecular formula is C16H22N2O2. The van der Waals surface area contributed by atoms with E-state index in [1.165, 1.54) is 0 Å². The van der Waals surface area contributed by atoms with Crippen LogP contribution in [0, 0.1) is 28.1 Å². The molecule has 2 atom stereocenters. The highest BCUT2D eigenvalue weighted by Crippen LogP contribution is 2.52. The second-order valence-corrected chi connectivity index (χ2v) is 6.94. The van der Waals surface area contributed by atoms with Gasteiger partial charge in [-0.05, 0) is 39.2 Å². The van der Waals surface area contributed by atoms with Gasteiger partial charge in [0.05, 0.1) is 11.0 Å². The fourth-order valence-corrected chi connectivity index (χ4v) is 3.85. The van der Waals surface area contributed by atoms with Crippen LogP contribution in [0.2, 0.25) is 0 Å². The smallest absolute Gasteiger partial charge is 0.232 e. The predicted molar refractivity (Wildman–Crippen MR) is 75.5 cm³/mol. The Balaban J connectivity index is 2.57. The van der Waals surface area contributed by atoms with Crippen molar-refractivity contribution in [2.45, 2.75) is 47.1 Å². The first-order chi connectivity index (χ1) is 9.16. The van der Waals surface area contributed by atoms with Crippen LogP contribution in [-0.2, 0) is 9.59 Å². The number of ketones is 1. The monoisotopic (exact) mass is 274 g/mol. The lowest BCUT2D eigenvalue weighted by Crippen LogP contribution is -2.60. The summed E-state index contributed by atoms with van der Waals surface area (Å²) in [5.41, 5.74) is -1.27. The Hall–Kier alpha value is -1.63. The van der Waals surface area contributed by atoms with Crippen molar-refractivity contribution in [3.05, 3.63) is 11.6 Å². The number of amides is 1. The molecule has 0 aromatic rings. The molecule has 4 heteroatoms. The third-order valence-electron chi connectivity index (χ3n) is 4.99. The average molecular weight is 274 g/mol. The van der Waals surface area contributed by atoms with Gasteiger partial charge in [-0.25, -0.2) is 0 Å². The highest BCUT2D eigenvalue weighted by Gasteiger charge is 2.57. The predicted octanol–water partition coefficient (Wildman–Crippen LogP) is 2.31. The summed E-state index contributed by atoms with van der Waals surface area (Å²) in [4.78, 5) is 27.1. The molecule has 108 valence electrons. The van der Waals surface area contributed by atoms with Gasteiger partial charge in [-0.1, -0.05) is 13.8 Å². The Morgan fingerprint density at radius 3 is 2.45 bits per heavy atom. The van der Waals surface area contributed by atoms with E-state index in [9.17, 15) is 14.9 Å². The molecule has 0 saturated carbocycles. The molecule has 1 aliphatic heterocycles. The number of nitrogens with zero attached hydrogens (tertiary/aromatic N) is 2. The summed E-state index contributed by atoms with van der Waals surface area (Å²) in [5, 5.41) is 9.20. The summed E-state index contributed by atoms with van der Waals surface area (Å²) in [6.45, 7) is 10.3. The molecule has 0 spiro atoms. The molecule has 1 aliphatic carbocycles. The first-order valence-corrected chi connectivity index (χ1v) is 7.15. The minimum Gasteiger partial charge on any atom is -0.340 e. The van der Waals surface area contributed by atoms with E-state index >= 15 is 0 Å². The van der Waals surface area contributed by atoms with E-state index in [0.717, 1.165) is 6.42 Å². The topological polar surface area (TPSA) is 61.2 Å². The summed E-state index contributed by atoms with van der Waals surface area (Å²) in [5.74, 6) is -0.132. The van der Waals surface area contributed by atoms with Crippen molar-refractivity contribution in [1.29, 1.82) is 5.26 Å². The van der Waals surface area contributed by atoms with E-state index in [1.54, 1.807) is 6.08 Å². The number of piperidine rings is 1. The van der Waals surface area contributed by atoms with Crippen LogP contribution < -0.4 is 0 Å². The van der Waals surface area contributed by atoms with E-state index in [2.05, 4.69) is 0 Å². The highest BCUT2D eigenvalue weighted by molar-refractivity contribution is 6.06. The molecule has 4 nitrogen and oxygen atoms in total. The zero-order valence-corrected chi connectivity index (χ0v) is 12.9.